The summed E-state index contributed by atoms with van der Waals surface area (Å²) in [6.07, 6.45) is 2.54. The van der Waals surface area contributed by atoms with Crippen LogP contribution in [0, 0.1) is 5.41 Å². The molecule has 1 aliphatic rings. The van der Waals surface area contributed by atoms with Crippen LogP contribution >= 0.6 is 11.6 Å². The van der Waals surface area contributed by atoms with Crippen molar-refractivity contribution in [3.8, 4) is 0 Å². The van der Waals surface area contributed by atoms with E-state index in [1.807, 2.05) is 24.3 Å². The Bertz CT molecular complexity index is 487. The fourth-order valence-corrected chi connectivity index (χ4v) is 3.11. The number of rotatable bonds is 3. The van der Waals surface area contributed by atoms with Gasteiger partial charge >= 0.3 is 5.97 Å². The third-order valence-electron chi connectivity index (χ3n) is 3.79. The summed E-state index contributed by atoms with van der Waals surface area (Å²) in [7, 11) is 1.44. The van der Waals surface area contributed by atoms with Crippen LogP contribution in [0.4, 0.5) is 5.69 Å². The second-order valence-electron chi connectivity index (χ2n) is 6.05. The first-order chi connectivity index (χ1) is 8.87. The minimum absolute atomic E-state index is 0.139. The summed E-state index contributed by atoms with van der Waals surface area (Å²) in [6.45, 7) is 4.36. The molecule has 1 N–H and O–H groups in total. The number of benzene rings is 1. The number of hydrogen-bond donors (Lipinski definition) is 1. The van der Waals surface area contributed by atoms with E-state index in [9.17, 15) is 4.79 Å². The van der Waals surface area contributed by atoms with E-state index in [1.54, 1.807) is 0 Å². The standard InChI is InChI=1S/C15H20ClNO2/c1-14(2)7-8-15(10-14,13(18)19-3)17-12-6-4-5-11(16)9-12/h4-6,9,17H,7-8,10H2,1-3H3. The molecule has 0 bridgehead atoms. The van der Waals surface area contributed by atoms with Crippen LogP contribution in [0.5, 0.6) is 0 Å². The predicted octanol–water partition coefficient (Wildman–Crippen LogP) is 3.87. The lowest BCUT2D eigenvalue weighted by Crippen LogP contribution is -2.45. The number of anilines is 1. The molecule has 19 heavy (non-hydrogen) atoms. The monoisotopic (exact) mass is 281 g/mol. The lowest BCUT2D eigenvalue weighted by atomic mass is 9.87. The number of nitrogens with one attached hydrogen (secondary N) is 1. The first-order valence-corrected chi connectivity index (χ1v) is 6.87. The number of hydrogen-bond acceptors (Lipinski definition) is 3. The second kappa shape index (κ2) is 5.04. The lowest BCUT2D eigenvalue weighted by Gasteiger charge is -2.30. The van der Waals surface area contributed by atoms with Gasteiger partial charge in [-0.3, -0.25) is 0 Å². The van der Waals surface area contributed by atoms with Crippen LogP contribution in [0.3, 0.4) is 0 Å². The molecule has 1 atom stereocenters. The lowest BCUT2D eigenvalue weighted by molar-refractivity contribution is -0.146. The molecule has 2 rings (SSSR count). The SMILES string of the molecule is COC(=O)C1(Nc2cccc(Cl)c2)CCC(C)(C)C1. The van der Waals surface area contributed by atoms with Crippen molar-refractivity contribution in [2.75, 3.05) is 12.4 Å². The highest BCUT2D eigenvalue weighted by Crippen LogP contribution is 2.45. The largest absolute Gasteiger partial charge is 0.467 e. The summed E-state index contributed by atoms with van der Waals surface area (Å²) in [6, 6.07) is 7.44. The molecular weight excluding hydrogens is 262 g/mol. The first-order valence-electron chi connectivity index (χ1n) is 6.49. The van der Waals surface area contributed by atoms with Gasteiger partial charge in [-0.05, 0) is 42.9 Å². The minimum Gasteiger partial charge on any atom is -0.467 e. The molecule has 1 aliphatic carbocycles. The van der Waals surface area contributed by atoms with Gasteiger partial charge in [-0.25, -0.2) is 4.79 Å². The number of methoxy groups -OCH3 is 1. The maximum absolute atomic E-state index is 12.2. The van der Waals surface area contributed by atoms with Gasteiger partial charge in [0.2, 0.25) is 0 Å². The molecule has 0 heterocycles. The number of carbonyl (C=O) groups is 1. The zero-order chi connectivity index (χ0) is 14.1. The maximum Gasteiger partial charge on any atom is 0.331 e. The maximum atomic E-state index is 12.2. The Labute approximate surface area is 119 Å². The Morgan fingerprint density at radius 2 is 2.11 bits per heavy atom. The molecule has 1 fully saturated rings. The van der Waals surface area contributed by atoms with E-state index in [0.717, 1.165) is 24.9 Å². The Morgan fingerprint density at radius 1 is 1.37 bits per heavy atom. The first kappa shape index (κ1) is 14.2. The van der Waals surface area contributed by atoms with Crippen LogP contribution in [0.1, 0.15) is 33.1 Å². The quantitative estimate of drug-likeness (QED) is 0.855. The van der Waals surface area contributed by atoms with Crippen molar-refractivity contribution in [2.24, 2.45) is 5.41 Å². The zero-order valence-electron chi connectivity index (χ0n) is 11.6. The van der Waals surface area contributed by atoms with Gasteiger partial charge in [0.05, 0.1) is 7.11 Å². The molecule has 1 saturated carbocycles. The van der Waals surface area contributed by atoms with Gasteiger partial charge in [0.15, 0.2) is 0 Å². The Morgan fingerprint density at radius 3 is 2.63 bits per heavy atom. The third kappa shape index (κ3) is 3.03. The normalized spacial score (nSPS) is 25.1. The van der Waals surface area contributed by atoms with Crippen LogP contribution in [0.15, 0.2) is 24.3 Å². The van der Waals surface area contributed by atoms with E-state index in [4.69, 9.17) is 16.3 Å². The summed E-state index contributed by atoms with van der Waals surface area (Å²) >= 11 is 5.99. The number of esters is 1. The molecule has 0 radical (unpaired) electrons. The average molecular weight is 282 g/mol. The molecule has 1 unspecified atom stereocenters. The van der Waals surface area contributed by atoms with Gasteiger partial charge in [-0.2, -0.15) is 0 Å². The van der Waals surface area contributed by atoms with E-state index in [1.165, 1.54) is 7.11 Å². The van der Waals surface area contributed by atoms with E-state index in [-0.39, 0.29) is 11.4 Å². The van der Waals surface area contributed by atoms with Gasteiger partial charge in [0.25, 0.3) is 0 Å². The zero-order valence-corrected chi connectivity index (χ0v) is 12.4. The van der Waals surface area contributed by atoms with E-state index in [2.05, 4.69) is 19.2 Å². The molecule has 4 heteroatoms. The minimum atomic E-state index is -0.636. The summed E-state index contributed by atoms with van der Waals surface area (Å²) < 4.78 is 5.00. The number of halogens is 1. The molecule has 3 nitrogen and oxygen atoms in total. The fraction of sp³-hybridized carbons (Fsp3) is 0.533. The van der Waals surface area contributed by atoms with Crippen molar-refractivity contribution < 1.29 is 9.53 Å². The van der Waals surface area contributed by atoms with Crippen molar-refractivity contribution in [3.05, 3.63) is 29.3 Å². The van der Waals surface area contributed by atoms with Crippen molar-refractivity contribution >= 4 is 23.3 Å². The van der Waals surface area contributed by atoms with Crippen molar-refractivity contribution in [1.82, 2.24) is 0 Å². The molecule has 1 aromatic carbocycles. The van der Waals surface area contributed by atoms with Gasteiger partial charge in [0.1, 0.15) is 5.54 Å². The summed E-state index contributed by atoms with van der Waals surface area (Å²) in [5.41, 5.74) is 0.360. The molecule has 0 aliphatic heterocycles. The van der Waals surface area contributed by atoms with Crippen LogP contribution in [-0.2, 0) is 9.53 Å². The molecular formula is C15H20ClNO2. The van der Waals surface area contributed by atoms with Crippen molar-refractivity contribution in [2.45, 2.75) is 38.6 Å². The second-order valence-corrected chi connectivity index (χ2v) is 6.49. The smallest absolute Gasteiger partial charge is 0.331 e. The number of carbonyl (C=O) groups excluding carboxylic acids is 1. The molecule has 1 aromatic rings. The van der Waals surface area contributed by atoms with Gasteiger partial charge < -0.3 is 10.1 Å². The van der Waals surface area contributed by atoms with Crippen LogP contribution < -0.4 is 5.32 Å². The molecule has 0 aromatic heterocycles. The third-order valence-corrected chi connectivity index (χ3v) is 4.03. The Hall–Kier alpha value is -1.22. The van der Waals surface area contributed by atoms with Crippen molar-refractivity contribution in [1.29, 1.82) is 0 Å². The summed E-state index contributed by atoms with van der Waals surface area (Å²) in [4.78, 5) is 12.2. The molecule has 104 valence electrons. The fourth-order valence-electron chi connectivity index (χ4n) is 2.92. The highest BCUT2D eigenvalue weighted by Gasteiger charge is 2.49. The van der Waals surface area contributed by atoms with Gasteiger partial charge in [0, 0.05) is 10.7 Å². The number of ether oxygens (including phenoxy) is 1. The highest BCUT2D eigenvalue weighted by atomic mass is 35.5. The average Bonchev–Trinajstić information content (AvgIpc) is 2.65. The summed E-state index contributed by atoms with van der Waals surface area (Å²) in [5.74, 6) is -0.196. The molecule has 0 amide bonds. The highest BCUT2D eigenvalue weighted by molar-refractivity contribution is 6.30. The molecule has 0 saturated heterocycles. The van der Waals surface area contributed by atoms with E-state index in [0.29, 0.717) is 5.02 Å². The Balaban J connectivity index is 2.28. The van der Waals surface area contributed by atoms with Gasteiger partial charge in [-0.1, -0.05) is 31.5 Å². The summed E-state index contributed by atoms with van der Waals surface area (Å²) in [5, 5.41) is 4.00. The van der Waals surface area contributed by atoms with Gasteiger partial charge in [-0.15, -0.1) is 0 Å². The predicted molar refractivity (Wildman–Crippen MR) is 77.5 cm³/mol. The van der Waals surface area contributed by atoms with E-state index < -0.39 is 5.54 Å². The topological polar surface area (TPSA) is 38.3 Å². The van der Waals surface area contributed by atoms with Crippen LogP contribution in [-0.4, -0.2) is 18.6 Å². The van der Waals surface area contributed by atoms with Crippen LogP contribution in [0.2, 0.25) is 5.02 Å². The molecule has 0 spiro atoms. The van der Waals surface area contributed by atoms with E-state index >= 15 is 0 Å². The van der Waals surface area contributed by atoms with Crippen molar-refractivity contribution in [3.63, 3.8) is 0 Å². The Kier molecular flexibility index (Phi) is 3.77. The van der Waals surface area contributed by atoms with Crippen LogP contribution in [0.25, 0.3) is 0 Å².